The molecule has 0 aliphatic heterocycles. The van der Waals surface area contributed by atoms with Crippen LogP contribution in [0.1, 0.15) is 87.0 Å². The summed E-state index contributed by atoms with van der Waals surface area (Å²) < 4.78 is 7.87. The molecule has 4 heterocycles. The van der Waals surface area contributed by atoms with Crippen molar-refractivity contribution in [2.75, 3.05) is 0 Å². The van der Waals surface area contributed by atoms with Crippen LogP contribution < -0.4 is 4.40 Å². The van der Waals surface area contributed by atoms with Crippen LogP contribution in [-0.2, 0) is 39.4 Å². The molecule has 0 unspecified atom stereocenters. The average Bonchev–Trinajstić information content (AvgIpc) is 3.59. The summed E-state index contributed by atoms with van der Waals surface area (Å²) in [5.74, 6) is 8.81. The maximum atomic E-state index is 6.31. The van der Waals surface area contributed by atoms with Gasteiger partial charge in [0.2, 0.25) is 5.71 Å². The summed E-state index contributed by atoms with van der Waals surface area (Å²) in [6.07, 6.45) is 16.8. The third-order valence-electron chi connectivity index (χ3n) is 11.5. The second-order valence-corrected chi connectivity index (χ2v) is 27.6. The number of aryl methyl sites for hydroxylation is 1. The van der Waals surface area contributed by atoms with Gasteiger partial charge in [0.05, 0.1) is 11.3 Å². The minimum Gasteiger partial charge on any atom is -0.486 e. The minimum absolute atomic E-state index is 0. The van der Waals surface area contributed by atoms with E-state index in [0.717, 1.165) is 69.7 Å². The van der Waals surface area contributed by atoms with Gasteiger partial charge in [0, 0.05) is 37.3 Å². The van der Waals surface area contributed by atoms with Gasteiger partial charge in [-0.15, -0.1) is 18.2 Å². The van der Waals surface area contributed by atoms with Crippen LogP contribution in [-0.4, -0.2) is 28.2 Å². The summed E-state index contributed by atoms with van der Waals surface area (Å²) in [4.78, 5) is 14.4. The van der Waals surface area contributed by atoms with Gasteiger partial charge in [-0.25, -0.2) is 4.98 Å². The summed E-state index contributed by atoms with van der Waals surface area (Å²) in [7, 11) is 0. The van der Waals surface area contributed by atoms with Crippen LogP contribution in [0.25, 0.3) is 55.8 Å². The van der Waals surface area contributed by atoms with Crippen LogP contribution >= 0.6 is 0 Å². The van der Waals surface area contributed by atoms with Gasteiger partial charge >= 0.3 is 163 Å². The topological polar surface area (TPSA) is 51.8 Å². The molecule has 6 heteroatoms. The standard InChI is InChI=1S/C26H19N2O.C24H34GeN.Ir/c1-2-8-18(9-3-1)23-14-13-21-20-11-6-12-22(25(20)29-26(21)28-23)24-19-10-5-4-7-17(19)15-16-27-24;1-18(2)14-22-16-24(26-17-23(22)25(3,4)5)21-13-9-12-20(15-21)19-10-7-6-8-11-19;/h1-3,6,8-9,11,13-16H,4-5,7,10H2;9,12,15-19H,6-8,10-11,14H2,1-5H3;/q2*-1;. The summed E-state index contributed by atoms with van der Waals surface area (Å²) in [5, 5.41) is 2.09. The summed E-state index contributed by atoms with van der Waals surface area (Å²) in [6, 6.07) is 36.5. The fourth-order valence-corrected chi connectivity index (χ4v) is 12.0. The Bertz CT molecular complexity index is 2420. The van der Waals surface area contributed by atoms with Crippen molar-refractivity contribution in [1.82, 2.24) is 15.0 Å². The molecule has 2 aliphatic rings. The monoisotopic (exact) mass is 978 g/mol. The summed E-state index contributed by atoms with van der Waals surface area (Å²) >= 11 is -1.91. The fraction of sp³-hybridized carbons (Fsp3) is 0.340. The zero-order valence-electron chi connectivity index (χ0n) is 33.5. The van der Waals surface area contributed by atoms with Crippen molar-refractivity contribution in [3.63, 3.8) is 0 Å². The van der Waals surface area contributed by atoms with Gasteiger partial charge in [-0.05, 0) is 49.6 Å². The molecule has 4 aromatic heterocycles. The van der Waals surface area contributed by atoms with Crippen molar-refractivity contribution in [3.05, 3.63) is 132 Å². The molecule has 0 spiro atoms. The van der Waals surface area contributed by atoms with E-state index in [2.05, 4.69) is 110 Å². The van der Waals surface area contributed by atoms with Gasteiger partial charge in [-0.3, -0.25) is 0 Å². The number of pyridine rings is 3. The Kier molecular flexibility index (Phi) is 12.7. The first-order chi connectivity index (χ1) is 26.7. The van der Waals surface area contributed by atoms with Crippen LogP contribution in [0.3, 0.4) is 0 Å². The van der Waals surface area contributed by atoms with E-state index in [9.17, 15) is 0 Å². The Hall–Kier alpha value is -3.90. The van der Waals surface area contributed by atoms with E-state index >= 15 is 0 Å². The van der Waals surface area contributed by atoms with Gasteiger partial charge in [-0.2, -0.15) is 0 Å². The van der Waals surface area contributed by atoms with Crippen LogP contribution in [0.2, 0.25) is 17.3 Å². The molecule has 2 aliphatic carbocycles. The molecular weight excluding hydrogens is 923 g/mol. The molecular formula is C50H53GeIrN3O-2. The zero-order chi connectivity index (χ0) is 37.9. The number of benzene rings is 3. The molecule has 1 saturated carbocycles. The molecule has 0 amide bonds. The Balaban J connectivity index is 0.000000170. The van der Waals surface area contributed by atoms with E-state index in [1.165, 1.54) is 72.8 Å². The summed E-state index contributed by atoms with van der Waals surface area (Å²) in [6.45, 7) is 4.63. The van der Waals surface area contributed by atoms with Crippen molar-refractivity contribution in [2.45, 2.75) is 101 Å². The quantitative estimate of drug-likeness (QED) is 0.118. The van der Waals surface area contributed by atoms with Gasteiger partial charge in [-0.1, -0.05) is 52.4 Å². The van der Waals surface area contributed by atoms with E-state index in [1.54, 1.807) is 4.40 Å². The van der Waals surface area contributed by atoms with Gasteiger partial charge < -0.3 is 9.40 Å². The van der Waals surface area contributed by atoms with Crippen LogP contribution in [0.15, 0.2) is 102 Å². The normalized spacial score (nSPS) is 14.6. The van der Waals surface area contributed by atoms with Crippen LogP contribution in [0.5, 0.6) is 0 Å². The second kappa shape index (κ2) is 17.7. The number of rotatable bonds is 7. The molecule has 3 aromatic carbocycles. The zero-order valence-corrected chi connectivity index (χ0v) is 38.0. The van der Waals surface area contributed by atoms with Crippen molar-refractivity contribution in [1.29, 1.82) is 0 Å². The first kappa shape index (κ1) is 40.3. The minimum atomic E-state index is -1.91. The Morgan fingerprint density at radius 3 is 2.36 bits per heavy atom. The number of furan rings is 1. The summed E-state index contributed by atoms with van der Waals surface area (Å²) in [5.41, 5.74) is 13.5. The molecule has 0 atom stereocenters. The van der Waals surface area contributed by atoms with Crippen molar-refractivity contribution in [2.24, 2.45) is 5.92 Å². The molecule has 0 bridgehead atoms. The number of fused-ring (bicyclic) bond motifs is 4. The third-order valence-corrected chi connectivity index (χ3v) is 15.8. The number of hydrogen-bond donors (Lipinski definition) is 0. The predicted molar refractivity (Wildman–Crippen MR) is 232 cm³/mol. The van der Waals surface area contributed by atoms with E-state index in [-0.39, 0.29) is 20.1 Å². The first-order valence-electron chi connectivity index (χ1n) is 20.5. The van der Waals surface area contributed by atoms with Gasteiger partial charge in [0.1, 0.15) is 0 Å². The average molecular weight is 977 g/mol. The smallest absolute Gasteiger partial charge is 0.216 e. The van der Waals surface area contributed by atoms with Crippen molar-refractivity contribution >= 4 is 39.7 Å². The molecule has 1 radical (unpaired) electrons. The maximum Gasteiger partial charge on any atom is 0.216 e. The Morgan fingerprint density at radius 2 is 1.57 bits per heavy atom. The van der Waals surface area contributed by atoms with E-state index < -0.39 is 13.3 Å². The largest absolute Gasteiger partial charge is 0.486 e. The number of nitrogens with zero attached hydrogens (tertiary/aromatic N) is 3. The van der Waals surface area contributed by atoms with Crippen LogP contribution in [0, 0.1) is 18.1 Å². The van der Waals surface area contributed by atoms with Gasteiger partial charge in [0.15, 0.2) is 0 Å². The number of hydrogen-bond acceptors (Lipinski definition) is 4. The van der Waals surface area contributed by atoms with Gasteiger partial charge in [0.25, 0.3) is 0 Å². The Labute approximate surface area is 349 Å². The van der Waals surface area contributed by atoms with E-state index in [1.807, 2.05) is 30.5 Å². The third kappa shape index (κ3) is 8.81. The SMILES string of the molecule is CC(C)Cc1cc(-c2[c-]ccc(C3CCCCC3)c2)nc[c]1[Ge]([CH3])([CH3])[CH3].[Ir].[c-]1ccc2c(oc3nc(-c4ccccc4)ccc32)c1-c1nccc2c1CCCC2. The Morgan fingerprint density at radius 1 is 0.786 bits per heavy atom. The fourth-order valence-electron chi connectivity index (χ4n) is 8.70. The van der Waals surface area contributed by atoms with E-state index in [4.69, 9.17) is 19.4 Å². The second-order valence-electron chi connectivity index (χ2n) is 17.1. The van der Waals surface area contributed by atoms with E-state index in [0.29, 0.717) is 11.6 Å². The molecule has 56 heavy (non-hydrogen) atoms. The molecule has 9 rings (SSSR count). The molecule has 0 saturated heterocycles. The maximum absolute atomic E-state index is 6.31. The first-order valence-corrected chi connectivity index (χ1v) is 27.8. The molecule has 4 nitrogen and oxygen atoms in total. The van der Waals surface area contributed by atoms with Crippen LogP contribution in [0.4, 0.5) is 0 Å². The van der Waals surface area contributed by atoms with Crippen molar-refractivity contribution in [3.8, 4) is 33.8 Å². The molecule has 0 N–H and O–H groups in total. The predicted octanol–water partition coefficient (Wildman–Crippen LogP) is 12.7. The molecule has 7 aromatic rings. The molecule has 1 fully saturated rings. The van der Waals surface area contributed by atoms with Crippen molar-refractivity contribution < 1.29 is 24.5 Å². The number of aromatic nitrogens is 3. The molecule has 289 valence electrons.